The van der Waals surface area contributed by atoms with Gasteiger partial charge in [-0.05, 0) is 62.9 Å². The van der Waals surface area contributed by atoms with Crippen molar-refractivity contribution in [2.45, 2.75) is 63.5 Å². The summed E-state index contributed by atoms with van der Waals surface area (Å²) in [5.41, 5.74) is -2.70. The van der Waals surface area contributed by atoms with E-state index in [2.05, 4.69) is 0 Å². The predicted molar refractivity (Wildman–Crippen MR) is 134 cm³/mol. The van der Waals surface area contributed by atoms with Gasteiger partial charge in [-0.3, -0.25) is 4.90 Å². The number of hydrogen-bond acceptors (Lipinski definition) is 5. The zero-order valence-corrected chi connectivity index (χ0v) is 20.9. The summed E-state index contributed by atoms with van der Waals surface area (Å²) >= 11 is 0. The highest BCUT2D eigenvalue weighted by atomic mass is 32.2. The fraction of sp³-hybridized carbons (Fsp3) is 0.462. The molecule has 0 aromatic heterocycles. The summed E-state index contributed by atoms with van der Waals surface area (Å²) in [4.78, 5) is 12.1. The van der Waals surface area contributed by atoms with Crippen LogP contribution in [0.5, 0.6) is 0 Å². The van der Waals surface area contributed by atoms with E-state index in [1.807, 2.05) is 0 Å². The lowest BCUT2D eigenvalue weighted by Gasteiger charge is -2.42. The largest absolute Gasteiger partial charge is 0.465 e. The molecule has 2 aromatic rings. The van der Waals surface area contributed by atoms with Crippen molar-refractivity contribution in [3.63, 3.8) is 0 Å². The Kier molecular flexibility index (Phi) is 5.83. The molecule has 9 heteroatoms. The number of carbonyl (C=O) groups is 1. The molecule has 2 rings (SSSR count). The predicted octanol–water partition coefficient (Wildman–Crippen LogP) is 3.96. The molecule has 0 aliphatic carbocycles. The van der Waals surface area contributed by atoms with E-state index in [-0.39, 0.29) is 14.8 Å². The molecular formula is C26H35N3O5S. The minimum Gasteiger partial charge on any atom is -0.465 e. The Bertz CT molecular complexity index is 1560. The molecule has 0 heterocycles. The van der Waals surface area contributed by atoms with E-state index in [1.54, 1.807) is 6.07 Å². The van der Waals surface area contributed by atoms with Gasteiger partial charge >= 0.3 is 6.09 Å². The highest BCUT2D eigenvalue weighted by Gasteiger charge is 2.39. The summed E-state index contributed by atoms with van der Waals surface area (Å²) in [6, 6.07) is 1.38. The number of nitrogens with zero attached hydrogens (tertiary/aromatic N) is 3. The first kappa shape index (κ1) is 17.5. The van der Waals surface area contributed by atoms with Crippen LogP contribution in [0, 0.1) is 17.2 Å². The Labute approximate surface area is 221 Å². The summed E-state index contributed by atoms with van der Waals surface area (Å²) in [5.74, 6) is -0.681. The highest BCUT2D eigenvalue weighted by molar-refractivity contribution is 7.89. The molecule has 8 nitrogen and oxygen atoms in total. The number of amides is 1. The van der Waals surface area contributed by atoms with E-state index < -0.39 is 87.7 Å². The molecule has 0 saturated heterocycles. The summed E-state index contributed by atoms with van der Waals surface area (Å²) in [6.45, 7) is 1.81. The third-order valence-corrected chi connectivity index (χ3v) is 6.19. The number of nitriles is 1. The van der Waals surface area contributed by atoms with Crippen molar-refractivity contribution in [1.29, 1.82) is 5.26 Å². The van der Waals surface area contributed by atoms with E-state index in [1.165, 1.54) is 34.6 Å². The standard InChI is InChI=1S/C26H35N3O5S/c1-19(2)17-28(35(33,34)22-13-11-21(16-27)12-14-22)18-24(30)23(15-20-9-7-6-8-10-20)29(25(31)32)26(3,4)5/h6-14,19,23-24,30H,15,17-18H2,1-5H3,(H,31,32)/t23-,24+/m0/s1/i6D,7D,9D,15D2,18D2,23D,24D. The van der Waals surface area contributed by atoms with Gasteiger partial charge in [0.15, 0.2) is 0 Å². The average molecular weight is 511 g/mol. The molecule has 0 bridgehead atoms. The lowest BCUT2D eigenvalue weighted by molar-refractivity contribution is 0.000540. The molecule has 0 spiro atoms. The molecule has 190 valence electrons. The molecule has 35 heavy (non-hydrogen) atoms. The maximum Gasteiger partial charge on any atom is 0.408 e. The average Bonchev–Trinajstić information content (AvgIpc) is 2.88. The lowest BCUT2D eigenvalue weighted by atomic mass is 9.94. The third kappa shape index (κ3) is 7.52. The van der Waals surface area contributed by atoms with Crippen LogP contribution in [0.15, 0.2) is 59.4 Å². The normalized spacial score (nSPS) is 20.3. The van der Waals surface area contributed by atoms with Crippen LogP contribution < -0.4 is 0 Å². The number of rotatable bonds is 10. The van der Waals surface area contributed by atoms with Crippen molar-refractivity contribution in [2.75, 3.05) is 13.0 Å². The van der Waals surface area contributed by atoms with Gasteiger partial charge in [0.05, 0.1) is 35.5 Å². The van der Waals surface area contributed by atoms with Crippen LogP contribution in [0.25, 0.3) is 0 Å². The molecule has 2 aromatic carbocycles. The van der Waals surface area contributed by atoms with Gasteiger partial charge < -0.3 is 10.2 Å². The van der Waals surface area contributed by atoms with E-state index >= 15 is 0 Å². The Morgan fingerprint density at radius 1 is 1.23 bits per heavy atom. The monoisotopic (exact) mass is 510 g/mol. The number of sulfonamides is 1. The van der Waals surface area contributed by atoms with Crippen molar-refractivity contribution in [3.8, 4) is 6.07 Å². The van der Waals surface area contributed by atoms with Crippen LogP contribution in [0.1, 0.15) is 58.1 Å². The summed E-state index contributed by atoms with van der Waals surface area (Å²) in [6.07, 6.45) is -10.1. The van der Waals surface area contributed by atoms with Crippen molar-refractivity contribution >= 4 is 16.1 Å². The number of aliphatic hydroxyl groups is 1. The van der Waals surface area contributed by atoms with E-state index in [4.69, 9.17) is 16.2 Å². The van der Waals surface area contributed by atoms with Crippen LogP contribution in [0.3, 0.4) is 0 Å². The van der Waals surface area contributed by atoms with Crippen molar-refractivity contribution in [2.24, 2.45) is 5.92 Å². The van der Waals surface area contributed by atoms with Crippen LogP contribution in [0.4, 0.5) is 4.79 Å². The number of benzene rings is 2. The zero-order chi connectivity index (χ0) is 34.4. The number of hydrogen-bond donors (Lipinski definition) is 2. The topological polar surface area (TPSA) is 122 Å². The zero-order valence-electron chi connectivity index (χ0n) is 29.1. The van der Waals surface area contributed by atoms with Gasteiger partial charge in [-0.25, -0.2) is 13.2 Å². The molecule has 0 fully saturated rings. The second kappa shape index (κ2) is 11.7. The van der Waals surface area contributed by atoms with Crippen LogP contribution >= 0.6 is 0 Å². The summed E-state index contributed by atoms with van der Waals surface area (Å²) in [5, 5.41) is 31.3. The van der Waals surface area contributed by atoms with Gasteiger partial charge in [0.25, 0.3) is 0 Å². The van der Waals surface area contributed by atoms with Gasteiger partial charge in [-0.2, -0.15) is 9.57 Å². The highest BCUT2D eigenvalue weighted by Crippen LogP contribution is 2.25. The van der Waals surface area contributed by atoms with Crippen molar-refractivity contribution in [3.05, 3.63) is 65.7 Å². The van der Waals surface area contributed by atoms with Crippen LogP contribution in [-0.4, -0.2) is 64.6 Å². The van der Waals surface area contributed by atoms with Crippen LogP contribution in [0.2, 0.25) is 0 Å². The first-order chi connectivity index (χ1) is 19.7. The van der Waals surface area contributed by atoms with Gasteiger partial charge in [0, 0.05) is 24.1 Å². The molecule has 1 amide bonds. The molecule has 0 aliphatic rings. The SMILES string of the molecule is [2H]c1ccc(C([2H])([2H])[C@]([2H])(N(C(=O)O)C(C)(C)C)[C@]([2H])(O)C([2H])([2H])N(CC(C)C)S(=O)(=O)c2ccc(C#N)cc2)c([2H])c1[2H]. The third-order valence-electron chi connectivity index (χ3n) is 4.50. The van der Waals surface area contributed by atoms with Gasteiger partial charge in [-0.1, -0.05) is 44.1 Å². The van der Waals surface area contributed by atoms with Gasteiger partial charge in [-0.15, -0.1) is 0 Å². The first-order valence-corrected chi connectivity index (χ1v) is 12.0. The minimum atomic E-state index is -5.03. The van der Waals surface area contributed by atoms with Gasteiger partial charge in [0.2, 0.25) is 10.0 Å². The molecule has 0 saturated carbocycles. The quantitative estimate of drug-likeness (QED) is 0.499. The molecular weight excluding hydrogens is 466 g/mol. The number of carboxylic acid groups (broad SMARTS) is 1. The Hall–Kier alpha value is -2.93. The van der Waals surface area contributed by atoms with Crippen molar-refractivity contribution < 1.29 is 35.8 Å². The minimum absolute atomic E-state index is 0.0234. The Morgan fingerprint density at radius 2 is 1.86 bits per heavy atom. The van der Waals surface area contributed by atoms with E-state index in [0.29, 0.717) is 0 Å². The van der Waals surface area contributed by atoms with Gasteiger partial charge in [0.1, 0.15) is 0 Å². The maximum absolute atomic E-state index is 13.9. The fourth-order valence-electron chi connectivity index (χ4n) is 2.99. The Balaban J connectivity index is 3.09. The van der Waals surface area contributed by atoms with Crippen LogP contribution in [-0.2, 0) is 16.4 Å². The lowest BCUT2D eigenvalue weighted by Crippen LogP contribution is -2.58. The second-order valence-electron chi connectivity index (χ2n) is 8.93. The smallest absolute Gasteiger partial charge is 0.408 e. The summed E-state index contributed by atoms with van der Waals surface area (Å²) < 4.78 is 106. The molecule has 0 unspecified atom stereocenters. The maximum atomic E-state index is 13.9. The molecule has 0 radical (unpaired) electrons. The molecule has 2 N–H and O–H groups in total. The van der Waals surface area contributed by atoms with E-state index in [9.17, 15) is 24.8 Å². The molecule has 2 atom stereocenters. The molecule has 0 aliphatic heterocycles. The van der Waals surface area contributed by atoms with E-state index in [0.717, 1.165) is 36.4 Å². The van der Waals surface area contributed by atoms with Crippen molar-refractivity contribution in [1.82, 2.24) is 9.21 Å². The first-order valence-electron chi connectivity index (χ1n) is 15.1. The Morgan fingerprint density at radius 3 is 2.37 bits per heavy atom. The second-order valence-corrected chi connectivity index (χ2v) is 10.8. The summed E-state index contributed by atoms with van der Waals surface area (Å²) in [7, 11) is -5.03. The fourth-order valence-corrected chi connectivity index (χ4v) is 4.42.